The van der Waals surface area contributed by atoms with E-state index in [2.05, 4.69) is 93.5 Å². The molecule has 0 radical (unpaired) electrons. The van der Waals surface area contributed by atoms with Crippen LogP contribution < -0.4 is 0 Å². The molecular weight excluding hydrogens is 744 g/mol. The fraction of sp³-hybridized carbons (Fsp3) is 0.673. The number of aromatic hydroxyl groups is 3. The van der Waals surface area contributed by atoms with E-state index in [9.17, 15) is 15.3 Å². The number of fused-ring (bicyclic) bond motifs is 5. The van der Waals surface area contributed by atoms with E-state index in [1.54, 1.807) is 0 Å². The van der Waals surface area contributed by atoms with E-state index in [0.717, 1.165) is 63.1 Å². The molecule has 0 aliphatic heterocycles. The average Bonchev–Trinajstić information content (AvgIpc) is 3.88. The monoisotopic (exact) mass is 827 g/mol. The maximum Gasteiger partial charge on any atom is 0.122 e. The first-order valence-corrected chi connectivity index (χ1v) is 24.4. The summed E-state index contributed by atoms with van der Waals surface area (Å²) in [5.74, 6) is 5.26. The lowest BCUT2D eigenvalue weighted by atomic mass is 9.68. The Labute approximate surface area is 366 Å². The van der Waals surface area contributed by atoms with Gasteiger partial charge in [0.05, 0.1) is 0 Å². The van der Waals surface area contributed by atoms with Crippen molar-refractivity contribution in [2.24, 2.45) is 23.7 Å². The number of unbranched alkanes of at least 4 members (excludes halogenated alkanes) is 11. The van der Waals surface area contributed by atoms with Crippen LogP contribution >= 0.6 is 11.6 Å². The Morgan fingerprint density at radius 2 is 1.12 bits per heavy atom. The van der Waals surface area contributed by atoms with E-state index >= 15 is 0 Å². The number of hydrogen-bond donors (Lipinski definition) is 3. The van der Waals surface area contributed by atoms with Gasteiger partial charge in [0.1, 0.15) is 17.2 Å². The number of phenols is 3. The second kappa shape index (κ2) is 20.5. The van der Waals surface area contributed by atoms with Gasteiger partial charge in [0.25, 0.3) is 0 Å². The van der Waals surface area contributed by atoms with E-state index in [-0.39, 0.29) is 10.8 Å². The zero-order valence-corrected chi connectivity index (χ0v) is 40.0. The molecule has 3 aromatic rings. The van der Waals surface area contributed by atoms with Crippen LogP contribution in [0.1, 0.15) is 227 Å². The Hall–Kier alpha value is -2.65. The van der Waals surface area contributed by atoms with Crippen molar-refractivity contribution in [3.63, 3.8) is 0 Å². The van der Waals surface area contributed by atoms with Gasteiger partial charge in [-0.05, 0) is 145 Å². The van der Waals surface area contributed by atoms with Crippen molar-refractivity contribution in [3.8, 4) is 17.2 Å². The predicted molar refractivity (Wildman–Crippen MR) is 253 cm³/mol. The average molecular weight is 828 g/mol. The zero-order valence-electron chi connectivity index (χ0n) is 39.2. The normalized spacial score (nSPS) is 23.0. The lowest BCUT2D eigenvalue weighted by molar-refractivity contribution is 0.213. The van der Waals surface area contributed by atoms with Gasteiger partial charge in [0.2, 0.25) is 0 Å². The maximum absolute atomic E-state index is 11.4. The minimum absolute atomic E-state index is 0.0873. The molecule has 0 heterocycles. The van der Waals surface area contributed by atoms with Crippen LogP contribution in [0.5, 0.6) is 17.2 Å². The fourth-order valence-corrected chi connectivity index (χ4v) is 12.0. The molecule has 3 aliphatic rings. The molecule has 328 valence electrons. The lowest BCUT2D eigenvalue weighted by Crippen LogP contribution is -2.27. The van der Waals surface area contributed by atoms with Crippen molar-refractivity contribution < 1.29 is 15.3 Å². The van der Waals surface area contributed by atoms with Crippen LogP contribution in [0, 0.1) is 44.4 Å². The van der Waals surface area contributed by atoms with Crippen LogP contribution in [0.25, 0.3) is 0 Å². The first-order chi connectivity index (χ1) is 27.8. The SMILES string of the molecule is CCCCCCCCCCCCCCC(C)c1cc(C)cc(C)c1O.Cc1cc(C2CCC3C4CC(c5cc(Cl)cc(C(C)(C)C)c5O)C(C4)C23)c(O)c(C(C)(C)C)c1. The van der Waals surface area contributed by atoms with Crippen LogP contribution in [-0.4, -0.2) is 15.3 Å². The van der Waals surface area contributed by atoms with Crippen LogP contribution in [0.3, 0.4) is 0 Å². The summed E-state index contributed by atoms with van der Waals surface area (Å²) >= 11 is 6.60. The molecule has 3 aromatic carbocycles. The summed E-state index contributed by atoms with van der Waals surface area (Å²) < 4.78 is 0. The lowest BCUT2D eigenvalue weighted by Gasteiger charge is -2.37. The van der Waals surface area contributed by atoms with Gasteiger partial charge in [-0.2, -0.15) is 0 Å². The van der Waals surface area contributed by atoms with E-state index < -0.39 is 0 Å². The molecule has 0 spiro atoms. The van der Waals surface area contributed by atoms with Gasteiger partial charge in [0, 0.05) is 10.6 Å². The van der Waals surface area contributed by atoms with Crippen molar-refractivity contribution in [3.05, 3.63) is 85.9 Å². The Morgan fingerprint density at radius 1 is 0.593 bits per heavy atom. The van der Waals surface area contributed by atoms with E-state index in [0.29, 0.717) is 46.8 Å². The summed E-state index contributed by atoms with van der Waals surface area (Å²) in [6.45, 7) is 23.8. The maximum atomic E-state index is 11.4. The quantitative estimate of drug-likeness (QED) is 0.126. The van der Waals surface area contributed by atoms with Crippen LogP contribution in [0.2, 0.25) is 5.02 Å². The minimum Gasteiger partial charge on any atom is -0.507 e. The smallest absolute Gasteiger partial charge is 0.122 e. The van der Waals surface area contributed by atoms with Crippen molar-refractivity contribution in [2.75, 3.05) is 0 Å². The highest BCUT2D eigenvalue weighted by molar-refractivity contribution is 6.30. The van der Waals surface area contributed by atoms with Crippen molar-refractivity contribution in [1.29, 1.82) is 0 Å². The molecule has 7 atom stereocenters. The molecule has 7 unspecified atom stereocenters. The van der Waals surface area contributed by atoms with Crippen LogP contribution in [0.15, 0.2) is 36.4 Å². The standard InChI is InChI=1S/C31H41ClO2.C24H42O/c1-16-10-23(28(33)25(11-16)30(2,3)4)20-9-8-19-17-12-21(22(13-17)27(19)20)24-14-18(32)15-26(29(24)34)31(5,6)7;1-5-6-7-8-9-10-11-12-13-14-15-16-17-21(3)23-19-20(2)18-22(4)24(23)25/h10-11,14-15,17,19-22,27,33-34H,8-9,12-13H2,1-7H3;18-19,21,25H,5-17H2,1-4H3. The van der Waals surface area contributed by atoms with Crippen molar-refractivity contribution in [2.45, 2.75) is 214 Å². The molecule has 6 rings (SSSR count). The first kappa shape index (κ1) is 47.4. The van der Waals surface area contributed by atoms with Gasteiger partial charge in [-0.3, -0.25) is 0 Å². The molecule has 3 nitrogen and oxygen atoms in total. The van der Waals surface area contributed by atoms with E-state index in [1.807, 2.05) is 19.1 Å². The van der Waals surface area contributed by atoms with Gasteiger partial charge < -0.3 is 15.3 Å². The number of phenolic OH excluding ortho intramolecular Hbond substituents is 3. The molecule has 3 N–H and O–H groups in total. The molecule has 3 aliphatic carbocycles. The topological polar surface area (TPSA) is 60.7 Å². The third-order valence-electron chi connectivity index (χ3n) is 14.8. The molecule has 0 amide bonds. The summed E-state index contributed by atoms with van der Waals surface area (Å²) in [5, 5.41) is 33.8. The predicted octanol–water partition coefficient (Wildman–Crippen LogP) is 16.8. The van der Waals surface area contributed by atoms with E-state index in [1.165, 1.54) is 107 Å². The summed E-state index contributed by atoms with van der Waals surface area (Å²) in [4.78, 5) is 0. The molecule has 2 bridgehead atoms. The number of rotatable bonds is 16. The van der Waals surface area contributed by atoms with Gasteiger partial charge >= 0.3 is 0 Å². The van der Waals surface area contributed by atoms with Gasteiger partial charge in [-0.25, -0.2) is 0 Å². The summed E-state index contributed by atoms with van der Waals surface area (Å²) in [6, 6.07) is 12.6. The highest BCUT2D eigenvalue weighted by Gasteiger charge is 2.58. The second-order valence-electron chi connectivity index (χ2n) is 21.7. The van der Waals surface area contributed by atoms with Crippen molar-refractivity contribution >= 4 is 11.6 Å². The van der Waals surface area contributed by atoms with Gasteiger partial charge in [-0.1, -0.05) is 179 Å². The van der Waals surface area contributed by atoms with Crippen molar-refractivity contribution in [1.82, 2.24) is 0 Å². The molecule has 3 fully saturated rings. The third kappa shape index (κ3) is 11.6. The molecule has 0 saturated heterocycles. The first-order valence-electron chi connectivity index (χ1n) is 24.0. The highest BCUT2D eigenvalue weighted by Crippen LogP contribution is 2.68. The van der Waals surface area contributed by atoms with Gasteiger partial charge in [0.15, 0.2) is 0 Å². The molecular formula is C55H83ClO3. The summed E-state index contributed by atoms with van der Waals surface area (Å²) in [7, 11) is 0. The molecule has 59 heavy (non-hydrogen) atoms. The second-order valence-corrected chi connectivity index (χ2v) is 22.1. The number of aryl methyl sites for hydroxylation is 3. The third-order valence-corrected chi connectivity index (χ3v) is 15.0. The Balaban J connectivity index is 0.000000237. The van der Waals surface area contributed by atoms with E-state index in [4.69, 9.17) is 11.6 Å². The van der Waals surface area contributed by atoms with Crippen LogP contribution in [0.4, 0.5) is 0 Å². The Morgan fingerprint density at radius 3 is 1.69 bits per heavy atom. The fourth-order valence-electron chi connectivity index (χ4n) is 11.8. The van der Waals surface area contributed by atoms with Gasteiger partial charge in [-0.15, -0.1) is 0 Å². The summed E-state index contributed by atoms with van der Waals surface area (Å²) in [6.07, 6.45) is 22.8. The number of hydrogen-bond acceptors (Lipinski definition) is 3. The Kier molecular flexibility index (Phi) is 16.5. The number of benzene rings is 3. The highest BCUT2D eigenvalue weighted by atomic mass is 35.5. The largest absolute Gasteiger partial charge is 0.507 e. The number of halogens is 1. The molecule has 4 heteroatoms. The molecule has 0 aromatic heterocycles. The zero-order chi connectivity index (χ0) is 43.2. The van der Waals surface area contributed by atoms with Crippen LogP contribution in [-0.2, 0) is 10.8 Å². The molecule has 3 saturated carbocycles. The minimum atomic E-state index is -0.156. The Bertz CT molecular complexity index is 1830. The summed E-state index contributed by atoms with van der Waals surface area (Å²) in [5.41, 5.74) is 8.63.